The zero-order chi connectivity index (χ0) is 42.3. The molecule has 0 radical (unpaired) electrons. The molecule has 7 heterocycles. The van der Waals surface area contributed by atoms with Crippen molar-refractivity contribution in [2.45, 2.75) is 57.2 Å². The number of rotatable bonds is 8. The van der Waals surface area contributed by atoms with Gasteiger partial charge in [0.1, 0.15) is 35.4 Å². The van der Waals surface area contributed by atoms with Gasteiger partial charge in [-0.3, -0.25) is 24.6 Å². The highest BCUT2D eigenvalue weighted by Crippen LogP contribution is 2.36. The maximum Gasteiger partial charge on any atom is 0.320 e. The summed E-state index contributed by atoms with van der Waals surface area (Å²) in [6, 6.07) is 22.9. The number of carbonyl (C=O) groups excluding carboxylic acids is 4. The third kappa shape index (κ3) is 7.78. The van der Waals surface area contributed by atoms with E-state index in [-0.39, 0.29) is 30.3 Å². The zero-order valence-electron chi connectivity index (χ0n) is 34.7. The van der Waals surface area contributed by atoms with E-state index in [0.29, 0.717) is 65.8 Å². The number of nitrogen functional groups attached to an aromatic ring is 1. The van der Waals surface area contributed by atoms with Gasteiger partial charge in [0, 0.05) is 88.7 Å². The number of likely N-dealkylation sites (tertiary alicyclic amines) is 2. The van der Waals surface area contributed by atoms with Crippen LogP contribution in [0.2, 0.25) is 0 Å². The molecule has 62 heavy (non-hydrogen) atoms. The summed E-state index contributed by atoms with van der Waals surface area (Å²) in [6.07, 6.45) is 5.77. The normalized spacial score (nSPS) is 21.4. The van der Waals surface area contributed by atoms with Crippen LogP contribution in [0.15, 0.2) is 79.1 Å². The number of piperazine rings is 1. The average Bonchev–Trinajstić information content (AvgIpc) is 3.85. The minimum Gasteiger partial charge on any atom is -0.457 e. The molecule has 5 aliphatic rings. The molecule has 2 aromatic heterocycles. The van der Waals surface area contributed by atoms with Crippen LogP contribution in [0.5, 0.6) is 11.5 Å². The van der Waals surface area contributed by atoms with Crippen molar-refractivity contribution in [3.8, 4) is 22.8 Å². The minimum atomic E-state index is -0.612. The number of ether oxygens (including phenoxy) is 1. The largest absolute Gasteiger partial charge is 0.457 e. The number of anilines is 2. The second-order valence-corrected chi connectivity index (χ2v) is 17.2. The van der Waals surface area contributed by atoms with Gasteiger partial charge in [0.2, 0.25) is 11.8 Å². The molecular weight excluding hydrogens is 787 g/mol. The first-order valence-corrected chi connectivity index (χ1v) is 21.9. The molecule has 4 fully saturated rings. The van der Waals surface area contributed by atoms with E-state index in [1.165, 1.54) is 6.33 Å². The number of hydrogen-bond donors (Lipinski definition) is 2. The Morgan fingerprint density at radius 1 is 0.823 bits per heavy atom. The number of urea groups is 1. The average molecular weight is 838 g/mol. The Kier molecular flexibility index (Phi) is 10.7. The summed E-state index contributed by atoms with van der Waals surface area (Å²) < 4.78 is 7.96. The van der Waals surface area contributed by atoms with Crippen molar-refractivity contribution in [3.05, 3.63) is 90.3 Å². The summed E-state index contributed by atoms with van der Waals surface area (Å²) in [4.78, 5) is 70.8. The predicted molar refractivity (Wildman–Crippen MR) is 232 cm³/mol. The molecule has 5 amide bonds. The molecule has 1 unspecified atom stereocenters. The van der Waals surface area contributed by atoms with Crippen molar-refractivity contribution in [1.82, 2.24) is 44.7 Å². The fraction of sp³-hybridized carbons (Fsp3) is 0.413. The number of imide groups is 1. The van der Waals surface area contributed by atoms with Crippen LogP contribution in [-0.4, -0.2) is 128 Å². The van der Waals surface area contributed by atoms with E-state index in [9.17, 15) is 19.2 Å². The van der Waals surface area contributed by atoms with Crippen LogP contribution in [0, 0.1) is 5.92 Å². The zero-order valence-corrected chi connectivity index (χ0v) is 34.7. The van der Waals surface area contributed by atoms with E-state index in [4.69, 9.17) is 15.6 Å². The molecule has 3 N–H and O–H groups in total. The van der Waals surface area contributed by atoms with Crippen molar-refractivity contribution in [2.24, 2.45) is 5.92 Å². The predicted octanol–water partition coefficient (Wildman–Crippen LogP) is 4.92. The number of fused-ring (bicyclic) bond motifs is 2. The second kappa shape index (κ2) is 16.7. The Hall–Kier alpha value is -6.55. The molecule has 0 aliphatic carbocycles. The van der Waals surface area contributed by atoms with Crippen molar-refractivity contribution >= 4 is 46.3 Å². The number of aromatic nitrogens is 4. The first kappa shape index (κ1) is 39.6. The van der Waals surface area contributed by atoms with Crippen LogP contribution in [0.4, 0.5) is 16.3 Å². The number of nitrogens with zero attached hydrogens (tertiary/aromatic N) is 9. The fourth-order valence-corrected chi connectivity index (χ4v) is 9.90. The van der Waals surface area contributed by atoms with Gasteiger partial charge in [0.25, 0.3) is 5.91 Å². The van der Waals surface area contributed by atoms with E-state index < -0.39 is 11.9 Å². The van der Waals surface area contributed by atoms with Crippen LogP contribution < -0.4 is 20.7 Å². The first-order chi connectivity index (χ1) is 30.3. The van der Waals surface area contributed by atoms with Gasteiger partial charge in [-0.1, -0.05) is 18.2 Å². The van der Waals surface area contributed by atoms with E-state index in [2.05, 4.69) is 31.2 Å². The number of benzene rings is 3. The van der Waals surface area contributed by atoms with E-state index in [1.807, 2.05) is 81.2 Å². The van der Waals surface area contributed by atoms with Crippen molar-refractivity contribution < 1.29 is 23.9 Å². The number of piperidine rings is 3. The maximum absolute atomic E-state index is 14.0. The fourth-order valence-electron chi connectivity index (χ4n) is 9.90. The second-order valence-electron chi connectivity index (χ2n) is 17.2. The molecule has 10 rings (SSSR count). The third-order valence-electron chi connectivity index (χ3n) is 13.3. The van der Waals surface area contributed by atoms with Gasteiger partial charge in [0.05, 0.1) is 11.4 Å². The smallest absolute Gasteiger partial charge is 0.320 e. The highest BCUT2D eigenvalue weighted by atomic mass is 16.5. The summed E-state index contributed by atoms with van der Waals surface area (Å²) in [5, 5.41) is 8.17. The number of hydrogen-bond acceptors (Lipinski definition) is 11. The minimum absolute atomic E-state index is 0.0537. The summed E-state index contributed by atoms with van der Waals surface area (Å²) in [7, 11) is 0. The Morgan fingerprint density at radius 2 is 1.60 bits per heavy atom. The van der Waals surface area contributed by atoms with E-state index >= 15 is 0 Å². The number of para-hydroxylation sites is 1. The van der Waals surface area contributed by atoms with Gasteiger partial charge < -0.3 is 30.1 Å². The van der Waals surface area contributed by atoms with Gasteiger partial charge in [-0.05, 0) is 98.2 Å². The Balaban J connectivity index is 0.719. The van der Waals surface area contributed by atoms with Gasteiger partial charge >= 0.3 is 6.03 Å². The third-order valence-corrected chi connectivity index (χ3v) is 13.3. The van der Waals surface area contributed by atoms with Crippen molar-refractivity contribution in [3.63, 3.8) is 0 Å². The van der Waals surface area contributed by atoms with Crippen LogP contribution >= 0.6 is 0 Å². The standard InChI is InChI=1S/C46H51N11O5/c47-42-40-41(31-8-11-36(12-9-31)62-35-6-2-1-3-7-35)51-57(43(40)49-29-48-42)34-5-4-18-55(28-34)46(61)54-19-16-30(17-20-54)26-52-21-23-53(24-22-52)33-10-13-37-32(25-33)27-56(45(37)60)38-14-15-39(58)50-44(38)59/h1-3,6-13,25,29-30,34,38H,4-5,14-24,26-28H2,(H2,47,48,49)(H,50,58,59)/t34-,38?/m1/s1. The number of carbonyl (C=O) groups is 4. The summed E-state index contributed by atoms with van der Waals surface area (Å²) >= 11 is 0. The van der Waals surface area contributed by atoms with Crippen LogP contribution in [0.3, 0.4) is 0 Å². The molecule has 0 spiro atoms. The Bertz CT molecular complexity index is 2500. The lowest BCUT2D eigenvalue weighted by molar-refractivity contribution is -0.136. The van der Waals surface area contributed by atoms with E-state index in [1.54, 1.807) is 4.90 Å². The maximum atomic E-state index is 14.0. The van der Waals surface area contributed by atoms with Crippen LogP contribution in [0.1, 0.15) is 60.5 Å². The lowest BCUT2D eigenvalue weighted by Gasteiger charge is -2.41. The summed E-state index contributed by atoms with van der Waals surface area (Å²) in [5.41, 5.74) is 11.4. The quantitative estimate of drug-likeness (QED) is 0.203. The highest BCUT2D eigenvalue weighted by Gasteiger charge is 2.39. The molecule has 4 saturated heterocycles. The number of nitrogens with two attached hydrogens (primary N) is 1. The molecule has 5 aromatic rings. The van der Waals surface area contributed by atoms with E-state index in [0.717, 1.165) is 94.1 Å². The lowest BCUT2D eigenvalue weighted by atomic mass is 9.96. The highest BCUT2D eigenvalue weighted by molar-refractivity contribution is 6.05. The molecular formula is C46H51N11O5. The molecule has 16 heteroatoms. The van der Waals surface area contributed by atoms with Crippen LogP contribution in [-0.2, 0) is 16.1 Å². The summed E-state index contributed by atoms with van der Waals surface area (Å²) in [6.45, 7) is 7.82. The van der Waals surface area contributed by atoms with Gasteiger partial charge in [-0.2, -0.15) is 5.10 Å². The molecule has 0 saturated carbocycles. The molecule has 2 atom stereocenters. The van der Waals surface area contributed by atoms with Crippen LogP contribution in [0.25, 0.3) is 22.3 Å². The molecule has 16 nitrogen and oxygen atoms in total. The molecule has 3 aromatic carbocycles. The molecule has 0 bridgehead atoms. The summed E-state index contributed by atoms with van der Waals surface area (Å²) in [5.74, 6) is 1.56. The molecule has 320 valence electrons. The first-order valence-electron chi connectivity index (χ1n) is 21.9. The lowest BCUT2D eigenvalue weighted by Crippen LogP contribution is -2.52. The SMILES string of the molecule is Nc1ncnc2c1c(-c1ccc(Oc3ccccc3)cc1)nn2[C@@H]1CCCN(C(=O)N2CCC(CN3CCN(c4ccc5c(c4)CN(C4CCC(=O)NC4=O)C5=O)CC3)CC2)C1. The monoisotopic (exact) mass is 837 g/mol. The van der Waals surface area contributed by atoms with Gasteiger partial charge in [-0.25, -0.2) is 19.4 Å². The Labute approximate surface area is 359 Å². The van der Waals surface area contributed by atoms with Gasteiger partial charge in [-0.15, -0.1) is 0 Å². The van der Waals surface area contributed by atoms with Crippen molar-refractivity contribution in [1.29, 1.82) is 0 Å². The number of amides is 5. The molecule has 5 aliphatic heterocycles. The topological polar surface area (TPSA) is 175 Å². The van der Waals surface area contributed by atoms with Gasteiger partial charge in [0.15, 0.2) is 5.65 Å². The number of nitrogens with one attached hydrogen (secondary N) is 1. The Morgan fingerprint density at radius 3 is 2.37 bits per heavy atom. The van der Waals surface area contributed by atoms with Crippen molar-refractivity contribution in [2.75, 3.05) is 69.5 Å².